The Balaban J connectivity index is 4.02. The Morgan fingerprint density at radius 1 is 1.40 bits per heavy atom. The molecule has 1 nitrogen and oxygen atoms in total. The van der Waals surface area contributed by atoms with Gasteiger partial charge in [0.15, 0.2) is 7.28 Å². The summed E-state index contributed by atoms with van der Waals surface area (Å²) >= 11 is 0. The quantitative estimate of drug-likeness (QED) is 0.453. The zero-order chi connectivity index (χ0) is 7.82. The van der Waals surface area contributed by atoms with Crippen molar-refractivity contribution in [2.45, 2.75) is 0 Å². The minimum absolute atomic E-state index is 0.997. The Morgan fingerprint density at radius 3 is 2.50 bits per heavy atom. The first-order chi connectivity index (χ1) is 4.85. The largest absolute Gasteiger partial charge is 0.405 e. The van der Waals surface area contributed by atoms with Crippen LogP contribution in [0.4, 0.5) is 0 Å². The normalized spacial score (nSPS) is 11.4. The van der Waals surface area contributed by atoms with Crippen molar-refractivity contribution in [3.8, 4) is 0 Å². The molecule has 1 radical (unpaired) electrons. The van der Waals surface area contributed by atoms with Crippen LogP contribution in [0.2, 0.25) is 0 Å². The second-order valence-electron chi connectivity index (χ2n) is 1.66. The number of nitrogens with two attached hydrogens (primary N) is 1. The topological polar surface area (TPSA) is 26.0 Å². The molecule has 0 fully saturated rings. The third kappa shape index (κ3) is 3.78. The van der Waals surface area contributed by atoms with Gasteiger partial charge in [0.05, 0.1) is 0 Å². The van der Waals surface area contributed by atoms with E-state index in [0.29, 0.717) is 0 Å². The van der Waals surface area contributed by atoms with Crippen molar-refractivity contribution >= 4 is 7.28 Å². The molecule has 0 heterocycles. The lowest BCUT2D eigenvalue weighted by Gasteiger charge is -1.89. The lowest BCUT2D eigenvalue weighted by molar-refractivity contribution is 1.60. The minimum Gasteiger partial charge on any atom is -0.405 e. The minimum atomic E-state index is 0.997. The molecule has 0 saturated carbocycles. The van der Waals surface area contributed by atoms with E-state index in [2.05, 4.69) is 13.2 Å². The molecule has 0 bridgehead atoms. The van der Waals surface area contributed by atoms with Crippen LogP contribution in [-0.2, 0) is 0 Å². The maximum Gasteiger partial charge on any atom is 0.180 e. The molecule has 0 aromatic heterocycles. The van der Waals surface area contributed by atoms with Crippen LogP contribution >= 0.6 is 0 Å². The second kappa shape index (κ2) is 5.95. The van der Waals surface area contributed by atoms with Gasteiger partial charge in [-0.2, -0.15) is 0 Å². The van der Waals surface area contributed by atoms with Crippen LogP contribution in [0.25, 0.3) is 0 Å². The molecule has 51 valence electrons. The monoisotopic (exact) mass is 132 g/mol. The van der Waals surface area contributed by atoms with Gasteiger partial charge in [0.2, 0.25) is 0 Å². The number of hydrogen-bond donors (Lipinski definition) is 1. The molecule has 0 atom stereocenters. The van der Waals surface area contributed by atoms with E-state index >= 15 is 0 Å². The zero-order valence-corrected chi connectivity index (χ0v) is 5.96. The van der Waals surface area contributed by atoms with Gasteiger partial charge in [0.25, 0.3) is 0 Å². The molecule has 2 N–H and O–H groups in total. The van der Waals surface area contributed by atoms with Gasteiger partial charge in [-0.1, -0.05) is 24.2 Å². The van der Waals surface area contributed by atoms with E-state index < -0.39 is 0 Å². The molecule has 0 saturated heterocycles. The molecule has 0 aliphatic heterocycles. The van der Waals surface area contributed by atoms with Gasteiger partial charge in [0.1, 0.15) is 0 Å². The Kier molecular flexibility index (Phi) is 5.25. The fraction of sp³-hybridized carbons (Fsp3) is 0. The molecule has 2 heteroatoms. The predicted molar refractivity (Wildman–Crippen MR) is 47.6 cm³/mol. The highest BCUT2D eigenvalue weighted by molar-refractivity contribution is 6.51. The lowest BCUT2D eigenvalue weighted by Crippen LogP contribution is -1.87. The van der Waals surface area contributed by atoms with E-state index in [1.54, 1.807) is 18.1 Å². The summed E-state index contributed by atoms with van der Waals surface area (Å²) in [6.07, 6.45) is 6.81. The molecule has 0 aliphatic rings. The predicted octanol–water partition coefficient (Wildman–Crippen LogP) is 1.38. The van der Waals surface area contributed by atoms with Crippen molar-refractivity contribution in [2.75, 3.05) is 0 Å². The SMILES string of the molecule is C=C[B]/C(C=C)=C/C=C/N. The summed E-state index contributed by atoms with van der Waals surface area (Å²) < 4.78 is 0. The van der Waals surface area contributed by atoms with Crippen molar-refractivity contribution in [2.24, 2.45) is 5.73 Å². The first kappa shape index (κ1) is 8.82. The first-order valence-electron chi connectivity index (χ1n) is 3.02. The van der Waals surface area contributed by atoms with Crippen LogP contribution in [0.1, 0.15) is 0 Å². The van der Waals surface area contributed by atoms with Gasteiger partial charge < -0.3 is 5.73 Å². The molecule has 0 aliphatic carbocycles. The van der Waals surface area contributed by atoms with E-state index in [9.17, 15) is 0 Å². The summed E-state index contributed by atoms with van der Waals surface area (Å²) in [7, 11) is 1.85. The summed E-state index contributed by atoms with van der Waals surface area (Å²) in [5, 5.41) is 0. The van der Waals surface area contributed by atoms with Gasteiger partial charge >= 0.3 is 0 Å². The second-order valence-corrected chi connectivity index (χ2v) is 1.66. The van der Waals surface area contributed by atoms with Crippen molar-refractivity contribution in [1.82, 2.24) is 0 Å². The van der Waals surface area contributed by atoms with Crippen molar-refractivity contribution in [1.29, 1.82) is 0 Å². The zero-order valence-electron chi connectivity index (χ0n) is 5.96. The highest BCUT2D eigenvalue weighted by Crippen LogP contribution is 1.92. The van der Waals surface area contributed by atoms with E-state index in [4.69, 9.17) is 5.73 Å². The molecule has 0 unspecified atom stereocenters. The van der Waals surface area contributed by atoms with Crippen LogP contribution < -0.4 is 5.73 Å². The maximum absolute atomic E-state index is 5.13. The third-order valence-corrected chi connectivity index (χ3v) is 0.946. The van der Waals surface area contributed by atoms with Crippen molar-refractivity contribution in [3.63, 3.8) is 0 Å². The van der Waals surface area contributed by atoms with Crippen LogP contribution in [0.15, 0.2) is 49.0 Å². The third-order valence-electron chi connectivity index (χ3n) is 0.946. The Bertz CT molecular complexity index is 168. The van der Waals surface area contributed by atoms with Crippen molar-refractivity contribution in [3.05, 3.63) is 49.0 Å². The molecular weight excluding hydrogens is 121 g/mol. The summed E-state index contributed by atoms with van der Waals surface area (Å²) in [5.41, 5.74) is 6.13. The summed E-state index contributed by atoms with van der Waals surface area (Å²) in [4.78, 5) is 0. The molecule has 0 rings (SSSR count). The van der Waals surface area contributed by atoms with E-state index in [1.165, 1.54) is 6.20 Å². The Hall–Kier alpha value is -1.18. The Labute approximate surface area is 62.9 Å². The maximum atomic E-state index is 5.13. The molecular formula is C8H11BN. The number of rotatable bonds is 4. The smallest absolute Gasteiger partial charge is 0.180 e. The van der Waals surface area contributed by atoms with E-state index in [0.717, 1.165) is 5.47 Å². The van der Waals surface area contributed by atoms with Crippen LogP contribution in [0.5, 0.6) is 0 Å². The van der Waals surface area contributed by atoms with Gasteiger partial charge in [-0.25, -0.2) is 0 Å². The molecule has 0 aromatic carbocycles. The lowest BCUT2D eigenvalue weighted by atomic mass is 9.70. The standard InChI is InChI=1S/C8H11BN/c1-3-8(9-4-2)6-5-7-10/h3-7H,1-2,10H2/b7-5+,8-6+. The summed E-state index contributed by atoms with van der Waals surface area (Å²) in [6.45, 7) is 7.17. The van der Waals surface area contributed by atoms with Gasteiger partial charge in [-0.3, -0.25) is 0 Å². The number of allylic oxidation sites excluding steroid dienone is 4. The molecule has 0 spiro atoms. The highest BCUT2D eigenvalue weighted by atomic mass is 14.5. The summed E-state index contributed by atoms with van der Waals surface area (Å²) in [6, 6.07) is 0. The fourth-order valence-electron chi connectivity index (χ4n) is 0.494. The van der Waals surface area contributed by atoms with E-state index in [-0.39, 0.29) is 0 Å². The molecule has 10 heavy (non-hydrogen) atoms. The number of hydrogen-bond acceptors (Lipinski definition) is 1. The van der Waals surface area contributed by atoms with Gasteiger partial charge in [-0.05, 0) is 12.3 Å². The molecule has 0 aromatic rings. The van der Waals surface area contributed by atoms with Crippen molar-refractivity contribution < 1.29 is 0 Å². The fourth-order valence-corrected chi connectivity index (χ4v) is 0.494. The highest BCUT2D eigenvalue weighted by Gasteiger charge is 1.85. The average Bonchev–Trinajstić information content (AvgIpc) is 1.98. The van der Waals surface area contributed by atoms with Gasteiger partial charge in [0, 0.05) is 0 Å². The van der Waals surface area contributed by atoms with Crippen LogP contribution in [0, 0.1) is 0 Å². The van der Waals surface area contributed by atoms with Gasteiger partial charge in [-0.15, -0.1) is 12.6 Å². The molecule has 0 amide bonds. The average molecular weight is 132 g/mol. The summed E-state index contributed by atoms with van der Waals surface area (Å²) in [5.74, 6) is 1.71. The van der Waals surface area contributed by atoms with Crippen LogP contribution in [0.3, 0.4) is 0 Å². The first-order valence-corrected chi connectivity index (χ1v) is 3.02. The van der Waals surface area contributed by atoms with E-state index in [1.807, 2.05) is 13.4 Å². The Morgan fingerprint density at radius 2 is 2.10 bits per heavy atom. The van der Waals surface area contributed by atoms with Crippen LogP contribution in [-0.4, -0.2) is 7.28 Å².